The monoisotopic (exact) mass is 389 g/mol. The Morgan fingerprint density at radius 1 is 1.07 bits per heavy atom. The molecule has 2 aromatic carbocycles. The van der Waals surface area contributed by atoms with E-state index in [4.69, 9.17) is 4.74 Å². The number of aromatic hydroxyl groups is 1. The predicted molar refractivity (Wildman–Crippen MR) is 109 cm³/mol. The van der Waals surface area contributed by atoms with E-state index in [9.17, 15) is 14.7 Å². The summed E-state index contributed by atoms with van der Waals surface area (Å²) in [6.07, 6.45) is 1.07. The van der Waals surface area contributed by atoms with Gasteiger partial charge in [-0.25, -0.2) is 4.79 Å². The number of hydrogen-bond donors (Lipinski definition) is 2. The Balaban J connectivity index is 1.82. The van der Waals surface area contributed by atoms with Gasteiger partial charge in [-0.3, -0.25) is 4.79 Å². The minimum atomic E-state index is -0.560. The number of hydrogen-bond acceptors (Lipinski definition) is 5. The molecule has 2 aliphatic rings. The number of benzene rings is 2. The van der Waals surface area contributed by atoms with Gasteiger partial charge in [-0.15, -0.1) is 0 Å². The van der Waals surface area contributed by atoms with Gasteiger partial charge in [0.2, 0.25) is 0 Å². The van der Waals surface area contributed by atoms with Crippen LogP contribution in [0.1, 0.15) is 42.7 Å². The Morgan fingerprint density at radius 2 is 1.79 bits per heavy atom. The van der Waals surface area contributed by atoms with E-state index in [0.29, 0.717) is 35.2 Å². The van der Waals surface area contributed by atoms with Crippen molar-refractivity contribution in [2.24, 2.45) is 0 Å². The zero-order chi connectivity index (χ0) is 20.5. The number of ketones is 1. The molecule has 2 aromatic rings. The minimum absolute atomic E-state index is 0.00912. The molecule has 0 saturated carbocycles. The maximum Gasteiger partial charge on any atom is 0.336 e. The molecule has 1 aliphatic heterocycles. The maximum absolute atomic E-state index is 13.3. The highest BCUT2D eigenvalue weighted by atomic mass is 16.5. The molecule has 1 heterocycles. The number of dihydropyridines is 1. The molecule has 2 unspecified atom stereocenters. The number of methoxy groups -OCH3 is 1. The molecule has 2 N–H and O–H groups in total. The first-order valence-electron chi connectivity index (χ1n) is 9.65. The summed E-state index contributed by atoms with van der Waals surface area (Å²) < 4.78 is 5.01. The minimum Gasteiger partial charge on any atom is -0.508 e. The lowest BCUT2D eigenvalue weighted by molar-refractivity contribution is -0.136. The molecule has 29 heavy (non-hydrogen) atoms. The Labute approximate surface area is 169 Å². The van der Waals surface area contributed by atoms with E-state index in [-0.39, 0.29) is 17.5 Å². The van der Waals surface area contributed by atoms with Crippen LogP contribution in [-0.4, -0.2) is 24.0 Å². The highest BCUT2D eigenvalue weighted by Gasteiger charge is 2.41. The largest absolute Gasteiger partial charge is 0.508 e. The second-order valence-corrected chi connectivity index (χ2v) is 7.51. The van der Waals surface area contributed by atoms with E-state index in [1.807, 2.05) is 43.3 Å². The Morgan fingerprint density at radius 3 is 2.48 bits per heavy atom. The van der Waals surface area contributed by atoms with Crippen LogP contribution in [0.3, 0.4) is 0 Å². The zero-order valence-electron chi connectivity index (χ0n) is 16.4. The van der Waals surface area contributed by atoms with Crippen molar-refractivity contribution in [3.8, 4) is 5.75 Å². The average Bonchev–Trinajstić information content (AvgIpc) is 2.72. The quantitative estimate of drug-likeness (QED) is 0.778. The number of carbonyl (C=O) groups is 2. The van der Waals surface area contributed by atoms with Gasteiger partial charge < -0.3 is 15.2 Å². The number of rotatable bonds is 3. The van der Waals surface area contributed by atoms with Crippen LogP contribution in [0, 0.1) is 0 Å². The van der Waals surface area contributed by atoms with Crippen molar-refractivity contribution < 1.29 is 19.4 Å². The molecule has 1 aliphatic carbocycles. The van der Waals surface area contributed by atoms with E-state index >= 15 is 0 Å². The summed E-state index contributed by atoms with van der Waals surface area (Å²) in [5, 5.41) is 13.3. The number of phenolic OH excluding ortho intramolecular Hbond substituents is 1. The van der Waals surface area contributed by atoms with Crippen molar-refractivity contribution in [2.75, 3.05) is 7.11 Å². The third kappa shape index (κ3) is 3.44. The van der Waals surface area contributed by atoms with Crippen molar-refractivity contribution in [1.82, 2.24) is 5.32 Å². The molecule has 0 aromatic heterocycles. The van der Waals surface area contributed by atoms with E-state index < -0.39 is 11.9 Å². The summed E-state index contributed by atoms with van der Waals surface area (Å²) >= 11 is 0. The lowest BCUT2D eigenvalue weighted by atomic mass is 9.71. The van der Waals surface area contributed by atoms with Crippen LogP contribution < -0.4 is 5.32 Å². The summed E-state index contributed by atoms with van der Waals surface area (Å²) in [4.78, 5) is 25.9. The average molecular weight is 389 g/mol. The zero-order valence-corrected chi connectivity index (χ0v) is 16.4. The third-order valence-corrected chi connectivity index (χ3v) is 5.71. The van der Waals surface area contributed by atoms with Crippen molar-refractivity contribution >= 4 is 11.8 Å². The maximum atomic E-state index is 13.3. The molecule has 5 heteroatoms. The molecule has 0 fully saturated rings. The van der Waals surface area contributed by atoms with Gasteiger partial charge >= 0.3 is 5.97 Å². The van der Waals surface area contributed by atoms with Gasteiger partial charge in [-0.1, -0.05) is 42.5 Å². The van der Waals surface area contributed by atoms with Crippen molar-refractivity contribution in [2.45, 2.75) is 31.6 Å². The summed E-state index contributed by atoms with van der Waals surface area (Å²) in [7, 11) is 1.33. The van der Waals surface area contributed by atoms with Crippen LogP contribution in [0.25, 0.3) is 0 Å². The van der Waals surface area contributed by atoms with E-state index in [0.717, 1.165) is 11.3 Å². The molecule has 5 nitrogen and oxygen atoms in total. The van der Waals surface area contributed by atoms with Gasteiger partial charge in [0.15, 0.2) is 5.78 Å². The second-order valence-electron chi connectivity index (χ2n) is 7.51. The molecule has 4 rings (SSSR count). The highest BCUT2D eigenvalue weighted by molar-refractivity contribution is 6.04. The summed E-state index contributed by atoms with van der Waals surface area (Å²) in [6, 6.07) is 16.7. The first-order chi connectivity index (χ1) is 14.0. The van der Waals surface area contributed by atoms with Crippen LogP contribution in [-0.2, 0) is 14.3 Å². The molecular formula is C24H23NO4. The lowest BCUT2D eigenvalue weighted by Crippen LogP contribution is -2.36. The number of Topliss-reactive ketones (excluding diaryl/α,β-unsaturated/α-hetero) is 1. The van der Waals surface area contributed by atoms with Crippen molar-refractivity contribution in [1.29, 1.82) is 0 Å². The SMILES string of the molecule is COC(=O)C1=C(C)NC2=C(C(=O)CC(c3ccccc3)C2)C1c1cccc(O)c1. The fraction of sp³-hybridized carbons (Fsp3) is 0.250. The molecule has 0 spiro atoms. The normalized spacial score (nSPS) is 21.5. The van der Waals surface area contributed by atoms with E-state index in [1.165, 1.54) is 7.11 Å². The van der Waals surface area contributed by atoms with Crippen molar-refractivity contribution in [3.05, 3.63) is 88.3 Å². The van der Waals surface area contributed by atoms with E-state index in [1.54, 1.807) is 18.2 Å². The molecule has 0 bridgehead atoms. The predicted octanol–water partition coefficient (Wildman–Crippen LogP) is 3.93. The van der Waals surface area contributed by atoms with E-state index in [2.05, 4.69) is 5.32 Å². The number of carbonyl (C=O) groups excluding carboxylic acids is 2. The molecule has 148 valence electrons. The molecule has 0 amide bonds. The fourth-order valence-electron chi connectivity index (χ4n) is 4.42. The number of esters is 1. The molecule has 2 atom stereocenters. The van der Waals surface area contributed by atoms with Crippen LogP contribution in [0.15, 0.2) is 77.1 Å². The molecule has 0 radical (unpaired) electrons. The van der Waals surface area contributed by atoms with Crippen LogP contribution >= 0.6 is 0 Å². The lowest BCUT2D eigenvalue weighted by Gasteiger charge is -2.36. The van der Waals surface area contributed by atoms with Gasteiger partial charge in [0.25, 0.3) is 0 Å². The molecular weight excluding hydrogens is 366 g/mol. The van der Waals surface area contributed by atoms with Crippen LogP contribution in [0.4, 0.5) is 0 Å². The third-order valence-electron chi connectivity index (χ3n) is 5.71. The molecule has 0 saturated heterocycles. The Bertz CT molecular complexity index is 1040. The van der Waals surface area contributed by atoms with Gasteiger partial charge in [0.05, 0.1) is 12.7 Å². The topological polar surface area (TPSA) is 75.6 Å². The first-order valence-corrected chi connectivity index (χ1v) is 9.65. The van der Waals surface area contributed by atoms with Gasteiger partial charge in [0, 0.05) is 29.3 Å². The Hall–Kier alpha value is -3.34. The summed E-state index contributed by atoms with van der Waals surface area (Å²) in [5.41, 5.74) is 4.34. The highest BCUT2D eigenvalue weighted by Crippen LogP contribution is 2.46. The number of ether oxygens (including phenoxy) is 1. The van der Waals surface area contributed by atoms with Crippen LogP contribution in [0.2, 0.25) is 0 Å². The number of phenols is 1. The summed E-state index contributed by atoms with van der Waals surface area (Å²) in [6.45, 7) is 1.82. The fourth-order valence-corrected chi connectivity index (χ4v) is 4.42. The van der Waals surface area contributed by atoms with Crippen LogP contribution in [0.5, 0.6) is 5.75 Å². The number of allylic oxidation sites excluding steroid dienone is 3. The van der Waals surface area contributed by atoms with Crippen molar-refractivity contribution in [3.63, 3.8) is 0 Å². The van der Waals surface area contributed by atoms with Gasteiger partial charge in [0.1, 0.15) is 5.75 Å². The number of nitrogens with one attached hydrogen (secondary N) is 1. The smallest absolute Gasteiger partial charge is 0.336 e. The first kappa shape index (κ1) is 19.0. The standard InChI is InChI=1S/C24H23NO4/c1-14-21(24(28)29-2)22(16-9-6-10-18(26)11-16)23-19(25-14)12-17(13-20(23)27)15-7-4-3-5-8-15/h3-11,17,22,25-26H,12-13H2,1-2H3. The summed E-state index contributed by atoms with van der Waals surface area (Å²) in [5.74, 6) is -0.847. The second kappa shape index (κ2) is 7.59. The Kier molecular flexibility index (Phi) is 4.97. The van der Waals surface area contributed by atoms with Gasteiger partial charge in [-0.05, 0) is 42.5 Å². The van der Waals surface area contributed by atoms with Gasteiger partial charge in [-0.2, -0.15) is 0 Å².